The molecule has 0 aromatic heterocycles. The smallest absolute Gasteiger partial charge is 0.294 e. The monoisotopic (exact) mass is 630 g/mol. The zero-order valence-electron chi connectivity index (χ0n) is 22.7. The Kier molecular flexibility index (Phi) is 8.46. The molecule has 0 saturated carbocycles. The topological polar surface area (TPSA) is 84.9 Å². The molecule has 0 spiro atoms. The summed E-state index contributed by atoms with van der Waals surface area (Å²) < 4.78 is 12.4. The van der Waals surface area contributed by atoms with Crippen molar-refractivity contribution in [3.8, 4) is 11.5 Å². The van der Waals surface area contributed by atoms with Crippen LogP contribution in [-0.2, 0) is 16.2 Å². The Labute approximate surface area is 250 Å². The molecule has 41 heavy (non-hydrogen) atoms. The quantitative estimate of drug-likeness (QED) is 0.203. The zero-order valence-corrected chi connectivity index (χ0v) is 25.1. The van der Waals surface area contributed by atoms with E-state index in [0.717, 1.165) is 44.1 Å². The number of nitrogens with one attached hydrogen (secondary N) is 1. The molecule has 1 N–H and O–H groups in total. The summed E-state index contributed by atoms with van der Waals surface area (Å²) in [6.45, 7) is 3.81. The lowest BCUT2D eigenvalue weighted by Crippen LogP contribution is -2.36. The maximum Gasteiger partial charge on any atom is 0.294 e. The van der Waals surface area contributed by atoms with E-state index in [1.54, 1.807) is 31.4 Å². The Hall–Kier alpha value is -4.08. The normalized spacial score (nSPS) is 14.1. The van der Waals surface area contributed by atoms with Gasteiger partial charge in [0.25, 0.3) is 11.1 Å². The number of carbonyl (C=O) groups is 3. The standard InChI is InChI=1S/C32H27BrN2O5S/c1-19-11-12-26(20(2)13-19)34-29(36)17-35-31(37)28(41-32(35)38)16-21-14-25(33)30(27(15-21)39-3)40-18-23-9-6-8-22-7-4-5-10-24(22)23/h4-16H,17-18H2,1-3H3,(H,34,36)/b28-16+. The lowest BCUT2D eigenvalue weighted by molar-refractivity contribution is -0.127. The molecule has 0 radical (unpaired) electrons. The molecule has 0 aliphatic carbocycles. The fourth-order valence-corrected chi connectivity index (χ4v) is 6.02. The molecule has 9 heteroatoms. The van der Waals surface area contributed by atoms with Crippen molar-refractivity contribution in [1.82, 2.24) is 4.90 Å². The minimum atomic E-state index is -0.526. The first-order valence-corrected chi connectivity index (χ1v) is 14.4. The van der Waals surface area contributed by atoms with E-state index in [2.05, 4.69) is 39.4 Å². The summed E-state index contributed by atoms with van der Waals surface area (Å²) in [4.78, 5) is 39.5. The predicted molar refractivity (Wildman–Crippen MR) is 166 cm³/mol. The maximum atomic E-state index is 13.1. The molecule has 1 aliphatic rings. The number of thioether (sulfide) groups is 1. The number of imide groups is 1. The lowest BCUT2D eigenvalue weighted by Gasteiger charge is -2.15. The van der Waals surface area contributed by atoms with Crippen LogP contribution in [0.1, 0.15) is 22.3 Å². The number of ether oxygens (including phenoxy) is 2. The van der Waals surface area contributed by atoms with Gasteiger partial charge in [-0.3, -0.25) is 19.3 Å². The highest BCUT2D eigenvalue weighted by Gasteiger charge is 2.36. The van der Waals surface area contributed by atoms with Crippen LogP contribution in [-0.4, -0.2) is 35.6 Å². The van der Waals surface area contributed by atoms with Gasteiger partial charge in [-0.05, 0) is 93.3 Å². The van der Waals surface area contributed by atoms with Gasteiger partial charge < -0.3 is 14.8 Å². The highest BCUT2D eigenvalue weighted by Crippen LogP contribution is 2.40. The summed E-state index contributed by atoms with van der Waals surface area (Å²) in [5.41, 5.74) is 4.29. The van der Waals surface area contributed by atoms with Crippen LogP contribution in [0.25, 0.3) is 16.8 Å². The molecule has 0 atom stereocenters. The second kappa shape index (κ2) is 12.2. The Morgan fingerprint density at radius 2 is 1.80 bits per heavy atom. The number of aryl methyl sites for hydroxylation is 2. The van der Waals surface area contributed by atoms with Gasteiger partial charge in [0, 0.05) is 5.69 Å². The van der Waals surface area contributed by atoms with E-state index in [1.807, 2.05) is 50.2 Å². The van der Waals surface area contributed by atoms with Gasteiger partial charge in [0.15, 0.2) is 11.5 Å². The van der Waals surface area contributed by atoms with E-state index >= 15 is 0 Å². The number of amides is 3. The molecule has 0 bridgehead atoms. The van der Waals surface area contributed by atoms with Gasteiger partial charge in [-0.15, -0.1) is 0 Å². The first-order valence-electron chi connectivity index (χ1n) is 12.8. The van der Waals surface area contributed by atoms with Crippen molar-refractivity contribution in [3.05, 3.63) is 104 Å². The molecule has 7 nitrogen and oxygen atoms in total. The summed E-state index contributed by atoms with van der Waals surface area (Å²) in [6, 6.07) is 23.4. The molecule has 1 heterocycles. The molecule has 4 aromatic rings. The molecular weight excluding hydrogens is 604 g/mol. The number of halogens is 1. The van der Waals surface area contributed by atoms with Crippen molar-refractivity contribution in [2.45, 2.75) is 20.5 Å². The second-order valence-corrected chi connectivity index (χ2v) is 11.4. The third-order valence-corrected chi connectivity index (χ3v) is 8.13. The number of carbonyl (C=O) groups excluding carboxylic acids is 3. The van der Waals surface area contributed by atoms with Crippen LogP contribution >= 0.6 is 27.7 Å². The molecule has 208 valence electrons. The summed E-state index contributed by atoms with van der Waals surface area (Å²) in [5.74, 6) is 0.0199. The van der Waals surface area contributed by atoms with Gasteiger partial charge in [-0.2, -0.15) is 0 Å². The first-order chi connectivity index (χ1) is 19.7. The van der Waals surface area contributed by atoms with E-state index in [0.29, 0.717) is 33.8 Å². The van der Waals surface area contributed by atoms with Gasteiger partial charge in [-0.25, -0.2) is 0 Å². The molecule has 1 fully saturated rings. The highest BCUT2D eigenvalue weighted by molar-refractivity contribution is 9.10. The number of fused-ring (bicyclic) bond motifs is 1. The third kappa shape index (κ3) is 6.31. The van der Waals surface area contributed by atoms with Crippen LogP contribution in [0.15, 0.2) is 82.2 Å². The fourth-order valence-electron chi connectivity index (χ4n) is 4.61. The van der Waals surface area contributed by atoms with Crippen LogP contribution in [0.2, 0.25) is 0 Å². The van der Waals surface area contributed by atoms with Crippen molar-refractivity contribution < 1.29 is 23.9 Å². The van der Waals surface area contributed by atoms with Crippen LogP contribution < -0.4 is 14.8 Å². The Morgan fingerprint density at radius 3 is 2.59 bits per heavy atom. The highest BCUT2D eigenvalue weighted by atomic mass is 79.9. The molecule has 3 amide bonds. The SMILES string of the molecule is COc1cc(/C=C2/SC(=O)N(CC(=O)Nc3ccc(C)cc3C)C2=O)cc(Br)c1OCc1cccc2ccccc12. The maximum absolute atomic E-state index is 13.1. The zero-order chi connectivity index (χ0) is 29.1. The number of nitrogens with zero attached hydrogens (tertiary/aromatic N) is 1. The van der Waals surface area contributed by atoms with Gasteiger partial charge in [-0.1, -0.05) is 60.2 Å². The van der Waals surface area contributed by atoms with E-state index < -0.39 is 17.1 Å². The Bertz CT molecular complexity index is 1710. The van der Waals surface area contributed by atoms with Gasteiger partial charge in [0.2, 0.25) is 5.91 Å². The van der Waals surface area contributed by atoms with E-state index in [4.69, 9.17) is 9.47 Å². The van der Waals surface area contributed by atoms with E-state index in [-0.39, 0.29) is 11.4 Å². The minimum Gasteiger partial charge on any atom is -0.493 e. The number of methoxy groups -OCH3 is 1. The fraction of sp³-hybridized carbons (Fsp3) is 0.156. The van der Waals surface area contributed by atoms with Crippen LogP contribution in [0.3, 0.4) is 0 Å². The Morgan fingerprint density at radius 1 is 1.02 bits per heavy atom. The van der Waals surface area contributed by atoms with Crippen molar-refractivity contribution in [1.29, 1.82) is 0 Å². The molecule has 5 rings (SSSR count). The van der Waals surface area contributed by atoms with Gasteiger partial charge >= 0.3 is 0 Å². The van der Waals surface area contributed by atoms with Crippen LogP contribution in [0.4, 0.5) is 10.5 Å². The summed E-state index contributed by atoms with van der Waals surface area (Å²) >= 11 is 4.36. The van der Waals surface area contributed by atoms with Gasteiger partial charge in [0.05, 0.1) is 16.5 Å². The van der Waals surface area contributed by atoms with Crippen LogP contribution in [0.5, 0.6) is 11.5 Å². The average Bonchev–Trinajstić information content (AvgIpc) is 3.20. The van der Waals surface area contributed by atoms with Crippen molar-refractivity contribution in [3.63, 3.8) is 0 Å². The van der Waals surface area contributed by atoms with E-state index in [1.165, 1.54) is 0 Å². The number of rotatable bonds is 8. The number of benzene rings is 4. The number of anilines is 1. The number of hydrogen-bond donors (Lipinski definition) is 1. The third-order valence-electron chi connectivity index (χ3n) is 6.63. The summed E-state index contributed by atoms with van der Waals surface area (Å²) in [7, 11) is 1.54. The van der Waals surface area contributed by atoms with Crippen molar-refractivity contribution in [2.24, 2.45) is 0 Å². The second-order valence-electron chi connectivity index (χ2n) is 9.60. The van der Waals surface area contributed by atoms with Crippen molar-refractivity contribution >= 4 is 67.3 Å². The largest absolute Gasteiger partial charge is 0.493 e. The minimum absolute atomic E-state index is 0.215. The lowest BCUT2D eigenvalue weighted by atomic mass is 10.1. The molecule has 1 saturated heterocycles. The molecule has 0 unspecified atom stereocenters. The summed E-state index contributed by atoms with van der Waals surface area (Å²) in [6.07, 6.45) is 1.61. The van der Waals surface area contributed by atoms with E-state index in [9.17, 15) is 14.4 Å². The average molecular weight is 632 g/mol. The Balaban J connectivity index is 1.30. The molecule has 1 aliphatic heterocycles. The summed E-state index contributed by atoms with van der Waals surface area (Å²) in [5, 5.41) is 4.52. The molecular formula is C32H27BrN2O5S. The number of hydrogen-bond acceptors (Lipinski definition) is 6. The van der Waals surface area contributed by atoms with Crippen LogP contribution in [0, 0.1) is 13.8 Å². The predicted octanol–water partition coefficient (Wildman–Crippen LogP) is 7.48. The molecule has 4 aromatic carbocycles. The van der Waals surface area contributed by atoms with Gasteiger partial charge in [0.1, 0.15) is 13.2 Å². The first kappa shape index (κ1) is 28.4. The van der Waals surface area contributed by atoms with Crippen molar-refractivity contribution in [2.75, 3.05) is 19.0 Å².